The van der Waals surface area contributed by atoms with Crippen molar-refractivity contribution in [3.63, 3.8) is 0 Å². The van der Waals surface area contributed by atoms with Crippen LogP contribution in [0.4, 0.5) is 0 Å². The van der Waals surface area contributed by atoms with Crippen molar-refractivity contribution in [1.82, 2.24) is 10.2 Å². The number of nitrogens with zero attached hydrogens (tertiary/aromatic N) is 1. The summed E-state index contributed by atoms with van der Waals surface area (Å²) in [6.07, 6.45) is 9.89. The van der Waals surface area contributed by atoms with Gasteiger partial charge in [-0.05, 0) is 58.0 Å². The van der Waals surface area contributed by atoms with Gasteiger partial charge in [-0.2, -0.15) is 0 Å². The quantitative estimate of drug-likeness (QED) is 0.828. The monoisotopic (exact) mass is 252 g/mol. The van der Waals surface area contributed by atoms with Crippen molar-refractivity contribution in [2.75, 3.05) is 13.1 Å². The fourth-order valence-corrected chi connectivity index (χ4v) is 4.01. The highest BCUT2D eigenvalue weighted by molar-refractivity contribution is 4.92. The minimum atomic E-state index is 0.742. The maximum Gasteiger partial charge on any atom is 0.0254 e. The predicted molar refractivity (Wildman–Crippen MR) is 78.9 cm³/mol. The standard InChI is InChI=1S/C16H32N2/c1-4-17-15-10-9-13(2)12-16(15)18-11-7-5-6-8-14(18)3/h13-17H,4-12H2,1-3H3. The van der Waals surface area contributed by atoms with Crippen LogP contribution in [-0.4, -0.2) is 36.1 Å². The first-order chi connectivity index (χ1) is 8.72. The fourth-order valence-electron chi connectivity index (χ4n) is 4.01. The molecule has 0 bridgehead atoms. The van der Waals surface area contributed by atoms with Crippen molar-refractivity contribution < 1.29 is 0 Å². The summed E-state index contributed by atoms with van der Waals surface area (Å²) in [5.41, 5.74) is 0. The molecule has 4 unspecified atom stereocenters. The highest BCUT2D eigenvalue weighted by atomic mass is 15.2. The summed E-state index contributed by atoms with van der Waals surface area (Å²) in [7, 11) is 0. The molecule has 0 amide bonds. The summed E-state index contributed by atoms with van der Waals surface area (Å²) >= 11 is 0. The van der Waals surface area contributed by atoms with Crippen LogP contribution in [0.15, 0.2) is 0 Å². The minimum absolute atomic E-state index is 0.742. The number of hydrogen-bond donors (Lipinski definition) is 1. The summed E-state index contributed by atoms with van der Waals surface area (Å²) in [4.78, 5) is 2.84. The first kappa shape index (κ1) is 14.3. The van der Waals surface area contributed by atoms with Crippen molar-refractivity contribution in [3.8, 4) is 0 Å². The van der Waals surface area contributed by atoms with Crippen LogP contribution in [0.3, 0.4) is 0 Å². The molecular formula is C16H32N2. The highest BCUT2D eigenvalue weighted by Crippen LogP contribution is 2.31. The van der Waals surface area contributed by atoms with Gasteiger partial charge in [0.2, 0.25) is 0 Å². The van der Waals surface area contributed by atoms with E-state index in [1.54, 1.807) is 0 Å². The Morgan fingerprint density at radius 3 is 2.67 bits per heavy atom. The number of hydrogen-bond acceptors (Lipinski definition) is 2. The molecule has 1 heterocycles. The molecular weight excluding hydrogens is 220 g/mol. The van der Waals surface area contributed by atoms with Gasteiger partial charge in [-0.1, -0.05) is 26.7 Å². The van der Waals surface area contributed by atoms with E-state index in [1.165, 1.54) is 51.5 Å². The number of likely N-dealkylation sites (tertiary alicyclic amines) is 1. The Morgan fingerprint density at radius 1 is 1.06 bits per heavy atom. The Hall–Kier alpha value is -0.0800. The Kier molecular flexibility index (Phi) is 5.50. The summed E-state index contributed by atoms with van der Waals surface area (Å²) in [6.45, 7) is 9.60. The maximum atomic E-state index is 3.75. The fraction of sp³-hybridized carbons (Fsp3) is 1.00. The van der Waals surface area contributed by atoms with Crippen molar-refractivity contribution in [2.45, 2.75) is 83.8 Å². The van der Waals surface area contributed by atoms with Crippen molar-refractivity contribution in [1.29, 1.82) is 0 Å². The lowest BCUT2D eigenvalue weighted by atomic mass is 9.82. The number of rotatable bonds is 3. The average molecular weight is 252 g/mol. The maximum absolute atomic E-state index is 3.75. The van der Waals surface area contributed by atoms with Gasteiger partial charge in [0.25, 0.3) is 0 Å². The molecule has 1 N–H and O–H groups in total. The first-order valence-corrected chi connectivity index (χ1v) is 8.21. The topological polar surface area (TPSA) is 15.3 Å². The third-order valence-electron chi connectivity index (χ3n) is 5.08. The molecule has 2 aliphatic rings. The molecule has 0 aromatic carbocycles. The lowest BCUT2D eigenvalue weighted by Gasteiger charge is -2.44. The van der Waals surface area contributed by atoms with Crippen LogP contribution in [0.1, 0.15) is 65.7 Å². The lowest BCUT2D eigenvalue weighted by molar-refractivity contribution is 0.0717. The van der Waals surface area contributed by atoms with Gasteiger partial charge in [0.15, 0.2) is 0 Å². The predicted octanol–water partition coefficient (Wildman–Crippen LogP) is 3.42. The van der Waals surface area contributed by atoms with E-state index in [1.807, 2.05) is 0 Å². The van der Waals surface area contributed by atoms with E-state index in [0.29, 0.717) is 0 Å². The SMILES string of the molecule is CCNC1CCC(C)CC1N1CCCCCC1C. The molecule has 2 rings (SSSR count). The highest BCUT2D eigenvalue weighted by Gasteiger charge is 2.34. The molecule has 0 spiro atoms. The van der Waals surface area contributed by atoms with Crippen molar-refractivity contribution >= 4 is 0 Å². The Bertz CT molecular complexity index is 241. The van der Waals surface area contributed by atoms with Crippen LogP contribution in [0, 0.1) is 5.92 Å². The molecule has 1 saturated heterocycles. The third kappa shape index (κ3) is 3.48. The second kappa shape index (κ2) is 6.91. The zero-order valence-corrected chi connectivity index (χ0v) is 12.6. The Balaban J connectivity index is 2.04. The molecule has 2 nitrogen and oxygen atoms in total. The van der Waals surface area contributed by atoms with Gasteiger partial charge in [0.1, 0.15) is 0 Å². The zero-order valence-electron chi connectivity index (χ0n) is 12.6. The zero-order chi connectivity index (χ0) is 13.0. The van der Waals surface area contributed by atoms with Crippen LogP contribution in [0.5, 0.6) is 0 Å². The Labute approximate surface area is 114 Å². The van der Waals surface area contributed by atoms with Crippen LogP contribution >= 0.6 is 0 Å². The molecule has 0 aromatic rings. The molecule has 2 heteroatoms. The molecule has 1 saturated carbocycles. The van der Waals surface area contributed by atoms with E-state index in [9.17, 15) is 0 Å². The number of nitrogens with one attached hydrogen (secondary N) is 1. The van der Waals surface area contributed by atoms with Crippen LogP contribution in [0.25, 0.3) is 0 Å². The minimum Gasteiger partial charge on any atom is -0.313 e. The molecule has 0 aromatic heterocycles. The van der Waals surface area contributed by atoms with Gasteiger partial charge < -0.3 is 5.32 Å². The van der Waals surface area contributed by atoms with Gasteiger partial charge in [0.05, 0.1) is 0 Å². The van der Waals surface area contributed by atoms with E-state index in [2.05, 4.69) is 31.0 Å². The van der Waals surface area contributed by atoms with Gasteiger partial charge in [-0.15, -0.1) is 0 Å². The van der Waals surface area contributed by atoms with E-state index >= 15 is 0 Å². The first-order valence-electron chi connectivity index (χ1n) is 8.21. The summed E-state index contributed by atoms with van der Waals surface area (Å²) in [5, 5.41) is 3.75. The molecule has 106 valence electrons. The molecule has 2 fully saturated rings. The van der Waals surface area contributed by atoms with Crippen molar-refractivity contribution in [2.24, 2.45) is 5.92 Å². The molecule has 1 aliphatic heterocycles. The van der Waals surface area contributed by atoms with E-state index in [0.717, 1.165) is 30.6 Å². The third-order valence-corrected chi connectivity index (χ3v) is 5.08. The van der Waals surface area contributed by atoms with Gasteiger partial charge in [0, 0.05) is 18.1 Å². The summed E-state index contributed by atoms with van der Waals surface area (Å²) in [6, 6.07) is 2.33. The number of likely N-dealkylation sites (N-methyl/N-ethyl adjacent to an activating group) is 1. The van der Waals surface area contributed by atoms with Gasteiger partial charge >= 0.3 is 0 Å². The Morgan fingerprint density at radius 2 is 1.89 bits per heavy atom. The average Bonchev–Trinajstić information content (AvgIpc) is 2.56. The van der Waals surface area contributed by atoms with E-state index in [-0.39, 0.29) is 0 Å². The van der Waals surface area contributed by atoms with Crippen LogP contribution in [0.2, 0.25) is 0 Å². The normalized spacial score (nSPS) is 39.5. The van der Waals surface area contributed by atoms with Crippen molar-refractivity contribution in [3.05, 3.63) is 0 Å². The second-order valence-electron chi connectivity index (χ2n) is 6.59. The smallest absolute Gasteiger partial charge is 0.0254 e. The molecule has 18 heavy (non-hydrogen) atoms. The second-order valence-corrected chi connectivity index (χ2v) is 6.59. The molecule has 4 atom stereocenters. The largest absolute Gasteiger partial charge is 0.313 e. The summed E-state index contributed by atoms with van der Waals surface area (Å²) < 4.78 is 0. The summed E-state index contributed by atoms with van der Waals surface area (Å²) in [5.74, 6) is 0.917. The van der Waals surface area contributed by atoms with E-state index < -0.39 is 0 Å². The van der Waals surface area contributed by atoms with Crippen LogP contribution < -0.4 is 5.32 Å². The molecule has 0 radical (unpaired) electrons. The molecule has 1 aliphatic carbocycles. The van der Waals surface area contributed by atoms with Gasteiger partial charge in [-0.3, -0.25) is 4.90 Å². The van der Waals surface area contributed by atoms with Crippen LogP contribution in [-0.2, 0) is 0 Å². The van der Waals surface area contributed by atoms with E-state index in [4.69, 9.17) is 0 Å². The van der Waals surface area contributed by atoms with Gasteiger partial charge in [-0.25, -0.2) is 0 Å². The lowest BCUT2D eigenvalue weighted by Crippen LogP contribution is -2.55.